The van der Waals surface area contributed by atoms with Gasteiger partial charge in [-0.1, -0.05) is 115 Å². The van der Waals surface area contributed by atoms with E-state index in [1.165, 1.54) is 106 Å². The Morgan fingerprint density at radius 3 is 1.85 bits per heavy atom. The maximum absolute atomic E-state index is 2.54. The molecule has 0 atom stereocenters. The molecule has 242 valence electrons. The summed E-state index contributed by atoms with van der Waals surface area (Å²) in [5.74, 6) is 0. The van der Waals surface area contributed by atoms with Crippen LogP contribution in [0.3, 0.4) is 0 Å². The van der Waals surface area contributed by atoms with Crippen molar-refractivity contribution in [3.8, 4) is 22.5 Å². The van der Waals surface area contributed by atoms with E-state index in [0.29, 0.717) is 0 Å². The van der Waals surface area contributed by atoms with Gasteiger partial charge in [0.05, 0.1) is 27.8 Å². The molecule has 4 aromatic heterocycles. The molecule has 0 aliphatic carbocycles. The van der Waals surface area contributed by atoms with Crippen LogP contribution in [0.4, 0.5) is 0 Å². The van der Waals surface area contributed by atoms with Crippen LogP contribution < -0.4 is 0 Å². The van der Waals surface area contributed by atoms with Crippen molar-refractivity contribution in [3.63, 3.8) is 0 Å². The van der Waals surface area contributed by atoms with Gasteiger partial charge in [-0.05, 0) is 65.7 Å². The Bertz CT molecular complexity index is 3360. The summed E-state index contributed by atoms with van der Waals surface area (Å²) in [5.41, 5.74) is 9.74. The smallest absolute Gasteiger partial charge is 0.0782 e. The van der Waals surface area contributed by atoms with Gasteiger partial charge < -0.3 is 9.13 Å². The van der Waals surface area contributed by atoms with Gasteiger partial charge >= 0.3 is 0 Å². The van der Waals surface area contributed by atoms with Gasteiger partial charge in [-0.3, -0.25) is 0 Å². The zero-order valence-electron chi connectivity index (χ0n) is 27.9. The van der Waals surface area contributed by atoms with Gasteiger partial charge in [0.15, 0.2) is 0 Å². The lowest BCUT2D eigenvalue weighted by Crippen LogP contribution is -2.00. The minimum atomic E-state index is 1.18. The van der Waals surface area contributed by atoms with Crippen molar-refractivity contribution in [1.29, 1.82) is 0 Å². The third-order valence-electron chi connectivity index (χ3n) is 10.9. The second-order valence-electron chi connectivity index (χ2n) is 13.7. The molecular weight excluding hydrogens is 669 g/mol. The van der Waals surface area contributed by atoms with E-state index in [9.17, 15) is 0 Å². The number of benzene rings is 8. The molecule has 0 aliphatic heterocycles. The van der Waals surface area contributed by atoms with Gasteiger partial charge in [-0.25, -0.2) is 0 Å². The summed E-state index contributed by atoms with van der Waals surface area (Å²) in [4.78, 5) is 0. The van der Waals surface area contributed by atoms with Crippen LogP contribution in [0.1, 0.15) is 0 Å². The molecule has 0 fully saturated rings. The first-order valence-electron chi connectivity index (χ1n) is 17.7. The van der Waals surface area contributed by atoms with Crippen molar-refractivity contribution < 1.29 is 0 Å². The molecule has 0 saturated heterocycles. The number of para-hydroxylation sites is 3. The fourth-order valence-electron chi connectivity index (χ4n) is 8.66. The summed E-state index contributed by atoms with van der Waals surface area (Å²) in [7, 11) is 0. The van der Waals surface area contributed by atoms with E-state index in [0.717, 1.165) is 0 Å². The van der Waals surface area contributed by atoms with Crippen LogP contribution in [0, 0.1) is 0 Å². The predicted octanol–water partition coefficient (Wildman–Crippen LogP) is 14.3. The number of aromatic nitrogens is 2. The van der Waals surface area contributed by atoms with Gasteiger partial charge in [-0.2, -0.15) is 0 Å². The lowest BCUT2D eigenvalue weighted by atomic mass is 10.0. The van der Waals surface area contributed by atoms with Gasteiger partial charge in [0.1, 0.15) is 0 Å². The Balaban J connectivity index is 1.24. The van der Waals surface area contributed by atoms with Crippen molar-refractivity contribution in [3.05, 3.63) is 170 Å². The molecule has 0 spiro atoms. The van der Waals surface area contributed by atoms with Crippen LogP contribution in [0.2, 0.25) is 0 Å². The molecule has 0 aliphatic rings. The molecule has 2 nitrogen and oxygen atoms in total. The number of hydrogen-bond acceptors (Lipinski definition) is 2. The van der Waals surface area contributed by atoms with E-state index in [4.69, 9.17) is 0 Å². The van der Waals surface area contributed by atoms with Crippen LogP contribution in [0.5, 0.6) is 0 Å². The highest BCUT2D eigenvalue weighted by Crippen LogP contribution is 2.47. The Morgan fingerprint density at radius 1 is 0.346 bits per heavy atom. The van der Waals surface area contributed by atoms with Crippen molar-refractivity contribution in [2.45, 2.75) is 0 Å². The van der Waals surface area contributed by atoms with Crippen molar-refractivity contribution >= 4 is 107 Å². The third-order valence-corrected chi connectivity index (χ3v) is 13.3. The summed E-state index contributed by atoms with van der Waals surface area (Å²) >= 11 is 3.79. The second-order valence-corrected chi connectivity index (χ2v) is 15.8. The molecule has 4 heteroatoms. The zero-order chi connectivity index (χ0) is 33.9. The molecule has 0 N–H and O–H groups in total. The topological polar surface area (TPSA) is 9.86 Å². The summed E-state index contributed by atoms with van der Waals surface area (Å²) in [6.07, 6.45) is 0. The zero-order valence-corrected chi connectivity index (χ0v) is 29.5. The highest BCUT2D eigenvalue weighted by atomic mass is 32.1. The average Bonchev–Trinajstić information content (AvgIpc) is 3.95. The molecule has 52 heavy (non-hydrogen) atoms. The number of rotatable bonds is 3. The first-order chi connectivity index (χ1) is 25.8. The maximum atomic E-state index is 2.54. The van der Waals surface area contributed by atoms with Gasteiger partial charge in [0.2, 0.25) is 0 Å². The third kappa shape index (κ3) is 3.88. The molecule has 12 aromatic rings. The van der Waals surface area contributed by atoms with E-state index < -0.39 is 0 Å². The fraction of sp³-hybridized carbons (Fsp3) is 0. The van der Waals surface area contributed by atoms with E-state index >= 15 is 0 Å². The normalized spacial score (nSPS) is 12.2. The summed E-state index contributed by atoms with van der Waals surface area (Å²) in [6.45, 7) is 0. The second kappa shape index (κ2) is 10.7. The molecule has 0 saturated carbocycles. The van der Waals surface area contributed by atoms with E-state index in [2.05, 4.69) is 179 Å². The molecule has 12 rings (SSSR count). The Labute approximate surface area is 306 Å². The van der Waals surface area contributed by atoms with Crippen LogP contribution in [0.15, 0.2) is 170 Å². The highest BCUT2D eigenvalue weighted by molar-refractivity contribution is 7.27. The first kappa shape index (κ1) is 28.5. The van der Waals surface area contributed by atoms with E-state index in [-0.39, 0.29) is 0 Å². The summed E-state index contributed by atoms with van der Waals surface area (Å²) < 4.78 is 10.3. The van der Waals surface area contributed by atoms with Crippen LogP contribution in [-0.2, 0) is 0 Å². The Hall–Kier alpha value is -6.20. The SMILES string of the molecule is c1ccc(-c2ccc3c(c2)sc2c3ccc3c2c2cccc(-n4c5ccccc5c5ccccc54)c2n3-c2ccc3sc4ccccc4c3c2)cc1. The molecular formula is C48H28N2S2. The monoisotopic (exact) mass is 696 g/mol. The van der Waals surface area contributed by atoms with Crippen molar-refractivity contribution in [2.75, 3.05) is 0 Å². The van der Waals surface area contributed by atoms with Crippen LogP contribution >= 0.6 is 22.7 Å². The quantitative estimate of drug-likeness (QED) is 0.174. The summed E-state index contributed by atoms with van der Waals surface area (Å²) in [5, 5.41) is 10.4. The van der Waals surface area contributed by atoms with Crippen LogP contribution in [0.25, 0.3) is 106 Å². The molecule has 0 amide bonds. The van der Waals surface area contributed by atoms with Crippen molar-refractivity contribution in [1.82, 2.24) is 9.13 Å². The largest absolute Gasteiger partial charge is 0.307 e. The predicted molar refractivity (Wildman–Crippen MR) is 226 cm³/mol. The van der Waals surface area contributed by atoms with Gasteiger partial charge in [0.25, 0.3) is 0 Å². The minimum absolute atomic E-state index is 1.18. The summed E-state index contributed by atoms with van der Waals surface area (Å²) in [6, 6.07) is 62.8. The number of nitrogens with zero attached hydrogens (tertiary/aromatic N) is 2. The van der Waals surface area contributed by atoms with Crippen molar-refractivity contribution in [2.24, 2.45) is 0 Å². The Kier molecular flexibility index (Phi) is 5.84. The maximum Gasteiger partial charge on any atom is 0.0782 e. The minimum Gasteiger partial charge on any atom is -0.307 e. The molecule has 0 bridgehead atoms. The van der Waals surface area contributed by atoms with Gasteiger partial charge in [-0.15, -0.1) is 22.7 Å². The van der Waals surface area contributed by atoms with E-state index in [1.54, 1.807) is 0 Å². The molecule has 8 aromatic carbocycles. The Morgan fingerprint density at radius 2 is 1.02 bits per heavy atom. The lowest BCUT2D eigenvalue weighted by Gasteiger charge is -2.14. The van der Waals surface area contributed by atoms with E-state index in [1.807, 2.05) is 22.7 Å². The number of thiophene rings is 2. The molecule has 0 radical (unpaired) electrons. The molecule has 0 unspecified atom stereocenters. The number of hydrogen-bond donors (Lipinski definition) is 0. The lowest BCUT2D eigenvalue weighted by molar-refractivity contribution is 1.13. The fourth-order valence-corrected chi connectivity index (χ4v) is 11.0. The highest BCUT2D eigenvalue weighted by Gasteiger charge is 2.23. The first-order valence-corrected chi connectivity index (χ1v) is 19.3. The van der Waals surface area contributed by atoms with Gasteiger partial charge in [0, 0.05) is 67.6 Å². The number of fused-ring (bicyclic) bond motifs is 13. The van der Waals surface area contributed by atoms with Crippen LogP contribution in [-0.4, -0.2) is 9.13 Å². The molecule has 4 heterocycles. The average molecular weight is 697 g/mol. The standard InChI is InChI=1S/C48H28N2S2/c1-2-11-29(12-3-1)30-21-23-35-36-24-25-41-46(48(36)52-45(35)27-30)37-16-10-19-42(50-39-17-7-4-13-32(39)33-14-5-8-18-40(33)50)47(37)49(41)31-22-26-44-38(28-31)34-15-6-9-20-43(34)51-44/h1-28H.